The van der Waals surface area contributed by atoms with Crippen molar-refractivity contribution in [3.05, 3.63) is 35.9 Å². The summed E-state index contributed by atoms with van der Waals surface area (Å²) in [7, 11) is 0. The van der Waals surface area contributed by atoms with Crippen LogP contribution in [0.15, 0.2) is 30.3 Å². The zero-order valence-electron chi connectivity index (χ0n) is 14.4. The van der Waals surface area contributed by atoms with Gasteiger partial charge in [-0.25, -0.2) is 0 Å². The average molecular weight is 290 g/mol. The summed E-state index contributed by atoms with van der Waals surface area (Å²) in [4.78, 5) is 2.62. The number of unbranched alkanes of at least 4 members (excludes halogenated alkanes) is 2. The fourth-order valence-corrected chi connectivity index (χ4v) is 3.10. The second-order valence-corrected chi connectivity index (χ2v) is 6.68. The highest BCUT2D eigenvalue weighted by Gasteiger charge is 2.31. The van der Waals surface area contributed by atoms with E-state index in [-0.39, 0.29) is 5.54 Å². The quantitative estimate of drug-likeness (QED) is 0.653. The van der Waals surface area contributed by atoms with E-state index in [1.807, 2.05) is 0 Å². The minimum atomic E-state index is 0.0950. The molecule has 0 bridgehead atoms. The molecule has 0 fully saturated rings. The van der Waals surface area contributed by atoms with E-state index < -0.39 is 0 Å². The third kappa shape index (κ3) is 5.80. The summed E-state index contributed by atoms with van der Waals surface area (Å²) in [5.41, 5.74) is 7.68. The smallest absolute Gasteiger partial charge is 0.0309 e. The first-order valence-electron chi connectivity index (χ1n) is 8.54. The van der Waals surface area contributed by atoms with Crippen molar-refractivity contribution in [2.45, 2.75) is 71.4 Å². The zero-order valence-corrected chi connectivity index (χ0v) is 14.4. The number of rotatable bonds is 10. The largest absolute Gasteiger partial charge is 0.329 e. The predicted octanol–water partition coefficient (Wildman–Crippen LogP) is 4.24. The minimum absolute atomic E-state index is 0.0950. The number of nitrogens with zero attached hydrogens (tertiary/aromatic N) is 1. The van der Waals surface area contributed by atoms with E-state index in [1.54, 1.807) is 0 Å². The molecule has 2 N–H and O–H groups in total. The van der Waals surface area contributed by atoms with Crippen LogP contribution in [0.4, 0.5) is 0 Å². The van der Waals surface area contributed by atoms with Crippen LogP contribution in [0.2, 0.25) is 0 Å². The molecule has 1 aromatic carbocycles. The van der Waals surface area contributed by atoms with Gasteiger partial charge in [-0.3, -0.25) is 4.90 Å². The number of nitrogens with two attached hydrogens (primary N) is 1. The van der Waals surface area contributed by atoms with E-state index in [9.17, 15) is 0 Å². The van der Waals surface area contributed by atoms with E-state index in [0.29, 0.717) is 6.04 Å². The molecule has 1 atom stereocenters. The maximum atomic E-state index is 6.17. The second kappa shape index (κ2) is 9.22. The van der Waals surface area contributed by atoms with Crippen molar-refractivity contribution in [2.24, 2.45) is 5.73 Å². The van der Waals surface area contributed by atoms with Crippen LogP contribution in [0.3, 0.4) is 0 Å². The molecule has 0 aliphatic rings. The number of hydrogen-bond acceptors (Lipinski definition) is 2. The monoisotopic (exact) mass is 290 g/mol. The normalized spacial score (nSPS) is 14.6. The first-order valence-corrected chi connectivity index (χ1v) is 8.54. The second-order valence-electron chi connectivity index (χ2n) is 6.68. The highest BCUT2D eigenvalue weighted by molar-refractivity contribution is 5.15. The maximum absolute atomic E-state index is 6.17. The number of hydrogen-bond donors (Lipinski definition) is 1. The molecule has 0 heterocycles. The number of aryl methyl sites for hydroxylation is 1. The van der Waals surface area contributed by atoms with Gasteiger partial charge in [0.1, 0.15) is 0 Å². The summed E-state index contributed by atoms with van der Waals surface area (Å²) >= 11 is 0. The average Bonchev–Trinajstić information content (AvgIpc) is 2.50. The molecular weight excluding hydrogens is 256 g/mol. The molecule has 1 aromatic rings. The van der Waals surface area contributed by atoms with Gasteiger partial charge in [-0.2, -0.15) is 0 Å². The summed E-state index contributed by atoms with van der Waals surface area (Å²) in [5.74, 6) is 0. The fraction of sp³-hybridized carbons (Fsp3) is 0.684. The molecule has 0 aliphatic heterocycles. The van der Waals surface area contributed by atoms with E-state index in [1.165, 1.54) is 24.8 Å². The minimum Gasteiger partial charge on any atom is -0.329 e. The van der Waals surface area contributed by atoms with E-state index in [2.05, 4.69) is 62.9 Å². The molecule has 1 rings (SSSR count). The summed E-state index contributed by atoms with van der Waals surface area (Å²) in [6.45, 7) is 11.1. The summed E-state index contributed by atoms with van der Waals surface area (Å²) < 4.78 is 0. The standard InChI is InChI=1S/C19H34N2/c1-5-6-10-15-21(17(2)3)19(4,16-20)14-13-18-11-8-7-9-12-18/h7-9,11-12,17H,5-6,10,13-16,20H2,1-4H3. The van der Waals surface area contributed by atoms with Crippen molar-refractivity contribution in [1.29, 1.82) is 0 Å². The molecule has 120 valence electrons. The summed E-state index contributed by atoms with van der Waals surface area (Å²) in [6, 6.07) is 11.3. The van der Waals surface area contributed by atoms with Crippen LogP contribution in [0.25, 0.3) is 0 Å². The Morgan fingerprint density at radius 3 is 2.33 bits per heavy atom. The SMILES string of the molecule is CCCCCN(C(C)C)C(C)(CN)CCc1ccccc1. The van der Waals surface area contributed by atoms with Crippen LogP contribution in [0.5, 0.6) is 0 Å². The van der Waals surface area contributed by atoms with E-state index in [4.69, 9.17) is 5.73 Å². The van der Waals surface area contributed by atoms with E-state index >= 15 is 0 Å². The molecule has 0 amide bonds. The van der Waals surface area contributed by atoms with Gasteiger partial charge in [-0.15, -0.1) is 0 Å². The fourth-order valence-electron chi connectivity index (χ4n) is 3.10. The van der Waals surface area contributed by atoms with Gasteiger partial charge in [0, 0.05) is 18.1 Å². The third-order valence-corrected chi connectivity index (χ3v) is 4.55. The maximum Gasteiger partial charge on any atom is 0.0309 e. The van der Waals surface area contributed by atoms with Crippen LogP contribution in [0.1, 0.15) is 58.9 Å². The van der Waals surface area contributed by atoms with Crippen LogP contribution in [-0.4, -0.2) is 29.6 Å². The Bertz CT molecular complexity index is 374. The third-order valence-electron chi connectivity index (χ3n) is 4.55. The molecule has 0 radical (unpaired) electrons. The molecule has 21 heavy (non-hydrogen) atoms. The van der Waals surface area contributed by atoms with Gasteiger partial charge in [0.05, 0.1) is 0 Å². The van der Waals surface area contributed by atoms with E-state index in [0.717, 1.165) is 25.9 Å². The highest BCUT2D eigenvalue weighted by Crippen LogP contribution is 2.24. The van der Waals surface area contributed by atoms with Gasteiger partial charge in [0.25, 0.3) is 0 Å². The highest BCUT2D eigenvalue weighted by atomic mass is 15.2. The van der Waals surface area contributed by atoms with Crippen molar-refractivity contribution in [2.75, 3.05) is 13.1 Å². The zero-order chi connectivity index (χ0) is 15.7. The van der Waals surface area contributed by atoms with Crippen molar-refractivity contribution < 1.29 is 0 Å². The molecular formula is C19H34N2. The van der Waals surface area contributed by atoms with Crippen molar-refractivity contribution in [3.8, 4) is 0 Å². The van der Waals surface area contributed by atoms with Gasteiger partial charge in [-0.05, 0) is 52.1 Å². The van der Waals surface area contributed by atoms with Crippen molar-refractivity contribution in [1.82, 2.24) is 4.90 Å². The van der Waals surface area contributed by atoms with Gasteiger partial charge in [-0.1, -0.05) is 50.1 Å². The van der Waals surface area contributed by atoms with Crippen LogP contribution in [0, 0.1) is 0 Å². The Labute approximate surface area is 131 Å². The van der Waals surface area contributed by atoms with Gasteiger partial charge < -0.3 is 5.73 Å². The van der Waals surface area contributed by atoms with Crippen LogP contribution >= 0.6 is 0 Å². The van der Waals surface area contributed by atoms with Crippen LogP contribution < -0.4 is 5.73 Å². The Balaban J connectivity index is 2.69. The molecule has 2 heteroatoms. The first-order chi connectivity index (χ1) is 10.0. The molecule has 0 aromatic heterocycles. The predicted molar refractivity (Wildman–Crippen MR) is 93.6 cm³/mol. The first kappa shape index (κ1) is 18.2. The molecule has 0 saturated carbocycles. The summed E-state index contributed by atoms with van der Waals surface area (Å²) in [6.07, 6.45) is 6.08. The van der Waals surface area contributed by atoms with Crippen LogP contribution in [-0.2, 0) is 6.42 Å². The summed E-state index contributed by atoms with van der Waals surface area (Å²) in [5, 5.41) is 0. The molecule has 0 aliphatic carbocycles. The lowest BCUT2D eigenvalue weighted by Crippen LogP contribution is -2.55. The lowest BCUT2D eigenvalue weighted by molar-refractivity contribution is 0.0666. The Morgan fingerprint density at radius 1 is 1.14 bits per heavy atom. The van der Waals surface area contributed by atoms with Crippen molar-refractivity contribution >= 4 is 0 Å². The lowest BCUT2D eigenvalue weighted by atomic mass is 9.89. The number of benzene rings is 1. The Morgan fingerprint density at radius 2 is 1.81 bits per heavy atom. The topological polar surface area (TPSA) is 29.3 Å². The van der Waals surface area contributed by atoms with Gasteiger partial charge >= 0.3 is 0 Å². The molecule has 1 unspecified atom stereocenters. The van der Waals surface area contributed by atoms with Crippen molar-refractivity contribution in [3.63, 3.8) is 0 Å². The molecule has 0 spiro atoms. The Kier molecular flexibility index (Phi) is 7.98. The Hall–Kier alpha value is -0.860. The molecule has 0 saturated heterocycles. The lowest BCUT2D eigenvalue weighted by Gasteiger charge is -2.44. The van der Waals surface area contributed by atoms with Gasteiger partial charge in [0.15, 0.2) is 0 Å². The molecule has 2 nitrogen and oxygen atoms in total. The van der Waals surface area contributed by atoms with Gasteiger partial charge in [0.2, 0.25) is 0 Å².